The van der Waals surface area contributed by atoms with Crippen LogP contribution in [0.4, 0.5) is 0 Å². The third-order valence-electron chi connectivity index (χ3n) is 4.89. The lowest BCUT2D eigenvalue weighted by atomic mass is 9.65. The van der Waals surface area contributed by atoms with E-state index in [1.807, 2.05) is 0 Å². The summed E-state index contributed by atoms with van der Waals surface area (Å²) < 4.78 is 0. The van der Waals surface area contributed by atoms with Gasteiger partial charge in [0.1, 0.15) is 0 Å². The molecule has 2 aliphatic heterocycles. The molecular weight excluding hydrogens is 208 g/mol. The van der Waals surface area contributed by atoms with Crippen LogP contribution in [0.15, 0.2) is 0 Å². The Labute approximate surface area is 107 Å². The van der Waals surface area contributed by atoms with Gasteiger partial charge in [0, 0.05) is 37.6 Å². The molecule has 0 aromatic rings. The van der Waals surface area contributed by atoms with Gasteiger partial charge >= 0.3 is 0 Å². The number of piperidine rings is 1. The van der Waals surface area contributed by atoms with E-state index in [4.69, 9.17) is 0 Å². The first-order valence-electron chi connectivity index (χ1n) is 7.39. The quantitative estimate of drug-likeness (QED) is 0.746. The van der Waals surface area contributed by atoms with Crippen LogP contribution in [0.25, 0.3) is 0 Å². The van der Waals surface area contributed by atoms with Gasteiger partial charge in [-0.25, -0.2) is 0 Å². The smallest absolute Gasteiger partial charge is 0.00567 e. The Morgan fingerprint density at radius 1 is 1.18 bits per heavy atom. The second-order valence-corrected chi connectivity index (χ2v) is 7.17. The highest BCUT2D eigenvalue weighted by atomic mass is 15.2. The molecule has 0 amide bonds. The average Bonchev–Trinajstić information content (AvgIpc) is 2.13. The molecule has 0 aromatic carbocycles. The number of nitrogens with zero attached hydrogens (tertiary/aromatic N) is 2. The number of likely N-dealkylation sites (tertiary alicyclic amines) is 2. The van der Waals surface area contributed by atoms with E-state index >= 15 is 0 Å². The molecule has 0 radical (unpaired) electrons. The van der Waals surface area contributed by atoms with Crippen LogP contribution in [0, 0.1) is 17.3 Å². The molecule has 0 aliphatic carbocycles. The van der Waals surface area contributed by atoms with Crippen molar-refractivity contribution in [1.82, 2.24) is 9.80 Å². The Morgan fingerprint density at radius 2 is 1.82 bits per heavy atom. The maximum atomic E-state index is 2.68. The van der Waals surface area contributed by atoms with Crippen LogP contribution in [-0.2, 0) is 0 Å². The van der Waals surface area contributed by atoms with Crippen LogP contribution < -0.4 is 0 Å². The minimum absolute atomic E-state index is 0.664. The summed E-state index contributed by atoms with van der Waals surface area (Å²) in [5, 5.41) is 0. The van der Waals surface area contributed by atoms with Crippen LogP contribution >= 0.6 is 0 Å². The fourth-order valence-electron chi connectivity index (χ4n) is 3.58. The largest absolute Gasteiger partial charge is 0.303 e. The lowest BCUT2D eigenvalue weighted by Gasteiger charge is -2.59. The van der Waals surface area contributed by atoms with E-state index in [2.05, 4.69) is 44.4 Å². The fraction of sp³-hybridized carbons (Fsp3) is 1.00. The molecule has 2 rings (SSSR count). The first-order valence-corrected chi connectivity index (χ1v) is 7.39. The maximum Gasteiger partial charge on any atom is 0.00567 e. The van der Waals surface area contributed by atoms with Gasteiger partial charge in [-0.1, -0.05) is 20.8 Å². The summed E-state index contributed by atoms with van der Waals surface area (Å²) >= 11 is 0. The molecule has 0 aromatic heterocycles. The van der Waals surface area contributed by atoms with Gasteiger partial charge in [0.2, 0.25) is 0 Å². The third kappa shape index (κ3) is 2.68. The zero-order valence-corrected chi connectivity index (χ0v) is 12.4. The van der Waals surface area contributed by atoms with Gasteiger partial charge in [0.05, 0.1) is 0 Å². The van der Waals surface area contributed by atoms with Crippen molar-refractivity contribution in [3.63, 3.8) is 0 Å². The van der Waals surface area contributed by atoms with Crippen molar-refractivity contribution in [2.24, 2.45) is 17.3 Å². The molecule has 2 heterocycles. The molecule has 17 heavy (non-hydrogen) atoms. The van der Waals surface area contributed by atoms with Crippen molar-refractivity contribution in [3.8, 4) is 0 Å². The summed E-state index contributed by atoms with van der Waals surface area (Å²) in [5.41, 5.74) is 0.664. The molecular formula is C15H30N2. The van der Waals surface area contributed by atoms with Gasteiger partial charge in [-0.2, -0.15) is 0 Å². The molecule has 2 aliphatic rings. The topological polar surface area (TPSA) is 6.48 Å². The average molecular weight is 238 g/mol. The molecule has 2 fully saturated rings. The number of hydrogen-bond donors (Lipinski definition) is 0. The van der Waals surface area contributed by atoms with Crippen molar-refractivity contribution < 1.29 is 0 Å². The zero-order chi connectivity index (χ0) is 12.6. The Morgan fingerprint density at radius 3 is 2.29 bits per heavy atom. The second kappa shape index (κ2) is 4.89. The van der Waals surface area contributed by atoms with E-state index in [0.717, 1.165) is 17.9 Å². The Bertz CT molecular complexity index is 254. The summed E-state index contributed by atoms with van der Waals surface area (Å²) in [6.07, 6.45) is 1.42. The first kappa shape index (κ1) is 13.4. The zero-order valence-electron chi connectivity index (χ0n) is 12.4. The van der Waals surface area contributed by atoms with Gasteiger partial charge in [-0.3, -0.25) is 4.90 Å². The maximum absolute atomic E-state index is 2.68. The lowest BCUT2D eigenvalue weighted by molar-refractivity contribution is -0.0989. The first-order chi connectivity index (χ1) is 7.93. The molecule has 0 N–H and O–H groups in total. The molecule has 1 spiro atoms. The summed E-state index contributed by atoms with van der Waals surface area (Å²) in [5.74, 6) is 1.69. The standard InChI is InChI=1S/C15H30N2/c1-12(2)8-16-7-6-15(14(5)9-16)10-17(11-15)13(3)4/h12-14H,6-11H2,1-5H3. The van der Waals surface area contributed by atoms with Gasteiger partial charge in [-0.05, 0) is 38.6 Å². The highest BCUT2D eigenvalue weighted by molar-refractivity contribution is 5.02. The van der Waals surface area contributed by atoms with Gasteiger partial charge in [0.25, 0.3) is 0 Å². The van der Waals surface area contributed by atoms with Gasteiger partial charge in [0.15, 0.2) is 0 Å². The lowest BCUT2D eigenvalue weighted by Crippen LogP contribution is -2.65. The predicted molar refractivity (Wildman–Crippen MR) is 74.2 cm³/mol. The molecule has 1 atom stereocenters. The van der Waals surface area contributed by atoms with Crippen LogP contribution in [-0.4, -0.2) is 48.6 Å². The predicted octanol–water partition coefficient (Wildman–Crippen LogP) is 2.69. The monoisotopic (exact) mass is 238 g/mol. The van der Waals surface area contributed by atoms with Crippen molar-refractivity contribution >= 4 is 0 Å². The molecule has 0 saturated carbocycles. The van der Waals surface area contributed by atoms with Crippen LogP contribution in [0.1, 0.15) is 41.0 Å². The minimum Gasteiger partial charge on any atom is -0.303 e. The molecule has 100 valence electrons. The fourth-order valence-corrected chi connectivity index (χ4v) is 3.58. The highest BCUT2D eigenvalue weighted by Gasteiger charge is 2.49. The van der Waals surface area contributed by atoms with Crippen LogP contribution in [0.2, 0.25) is 0 Å². The SMILES string of the molecule is CC(C)CN1CCC2(CN(C(C)C)C2)C(C)C1. The minimum atomic E-state index is 0.664. The second-order valence-electron chi connectivity index (χ2n) is 7.17. The normalized spacial score (nSPS) is 30.2. The summed E-state index contributed by atoms with van der Waals surface area (Å²) in [4.78, 5) is 5.31. The van der Waals surface area contributed by atoms with E-state index in [-0.39, 0.29) is 0 Å². The Balaban J connectivity index is 1.85. The Hall–Kier alpha value is -0.0800. The molecule has 2 heteroatoms. The van der Waals surface area contributed by atoms with E-state index < -0.39 is 0 Å². The van der Waals surface area contributed by atoms with Crippen molar-refractivity contribution in [2.75, 3.05) is 32.7 Å². The van der Waals surface area contributed by atoms with Crippen molar-refractivity contribution in [1.29, 1.82) is 0 Å². The summed E-state index contributed by atoms with van der Waals surface area (Å²) in [7, 11) is 0. The highest BCUT2D eigenvalue weighted by Crippen LogP contribution is 2.44. The van der Waals surface area contributed by atoms with E-state index in [1.54, 1.807) is 0 Å². The van der Waals surface area contributed by atoms with E-state index in [9.17, 15) is 0 Å². The summed E-state index contributed by atoms with van der Waals surface area (Å²) in [6, 6.07) is 0.738. The number of rotatable bonds is 3. The van der Waals surface area contributed by atoms with Crippen molar-refractivity contribution in [2.45, 2.75) is 47.1 Å². The molecule has 2 nitrogen and oxygen atoms in total. The van der Waals surface area contributed by atoms with E-state index in [1.165, 1.54) is 39.1 Å². The molecule has 0 bridgehead atoms. The van der Waals surface area contributed by atoms with E-state index in [0.29, 0.717) is 5.41 Å². The Kier molecular flexibility index (Phi) is 3.84. The van der Waals surface area contributed by atoms with Crippen molar-refractivity contribution in [3.05, 3.63) is 0 Å². The van der Waals surface area contributed by atoms with Gasteiger partial charge < -0.3 is 4.90 Å². The van der Waals surface area contributed by atoms with Crippen LogP contribution in [0.3, 0.4) is 0 Å². The molecule has 2 saturated heterocycles. The molecule has 1 unspecified atom stereocenters. The third-order valence-corrected chi connectivity index (χ3v) is 4.89. The van der Waals surface area contributed by atoms with Gasteiger partial charge in [-0.15, -0.1) is 0 Å². The van der Waals surface area contributed by atoms with Crippen LogP contribution in [0.5, 0.6) is 0 Å². The number of hydrogen-bond acceptors (Lipinski definition) is 2. The summed E-state index contributed by atoms with van der Waals surface area (Å²) in [6.45, 7) is 18.4.